The molecule has 0 aliphatic heterocycles. The summed E-state index contributed by atoms with van der Waals surface area (Å²) >= 11 is 0. The van der Waals surface area contributed by atoms with Gasteiger partial charge in [-0.1, -0.05) is 45.4 Å². The predicted molar refractivity (Wildman–Crippen MR) is 67.8 cm³/mol. The van der Waals surface area contributed by atoms with Crippen molar-refractivity contribution in [2.75, 3.05) is 0 Å². The van der Waals surface area contributed by atoms with Crippen LogP contribution >= 0.6 is 0 Å². The van der Waals surface area contributed by atoms with Crippen molar-refractivity contribution in [1.82, 2.24) is 0 Å². The number of aliphatic hydroxyl groups is 1. The molecule has 0 amide bonds. The molecular weight excluding hydrogens is 216 g/mol. The van der Waals surface area contributed by atoms with Gasteiger partial charge < -0.3 is 10.2 Å². The third kappa shape index (κ3) is 4.66. The summed E-state index contributed by atoms with van der Waals surface area (Å²) in [6, 6.07) is 0. The Balaban J connectivity index is 2.55. The van der Waals surface area contributed by atoms with Crippen LogP contribution < -0.4 is 0 Å². The van der Waals surface area contributed by atoms with Gasteiger partial charge in [0.2, 0.25) is 0 Å². The second kappa shape index (κ2) is 7.70. The standard InChI is InChI=1S/C14H26O3/c1-2-3-10-12(14(16)17)13(15)11-8-6-4-5-7-9-11/h11-13,15H,2-10H2,1H3,(H,16,17). The first-order valence-electron chi connectivity index (χ1n) is 7.07. The summed E-state index contributed by atoms with van der Waals surface area (Å²) in [5.74, 6) is -1.18. The fraction of sp³-hybridized carbons (Fsp3) is 0.929. The molecule has 100 valence electrons. The maximum absolute atomic E-state index is 11.2. The molecule has 2 atom stereocenters. The molecule has 17 heavy (non-hydrogen) atoms. The van der Waals surface area contributed by atoms with E-state index in [1.165, 1.54) is 12.8 Å². The molecule has 1 saturated carbocycles. The van der Waals surface area contributed by atoms with E-state index >= 15 is 0 Å². The molecule has 0 heterocycles. The van der Waals surface area contributed by atoms with Gasteiger partial charge >= 0.3 is 5.97 Å². The van der Waals surface area contributed by atoms with Gasteiger partial charge in [-0.05, 0) is 25.2 Å². The quantitative estimate of drug-likeness (QED) is 0.703. The molecule has 1 aliphatic rings. The highest BCUT2D eigenvalue weighted by atomic mass is 16.4. The zero-order chi connectivity index (χ0) is 12.7. The number of carboxylic acid groups (broad SMARTS) is 1. The Morgan fingerprint density at radius 1 is 1.24 bits per heavy atom. The van der Waals surface area contributed by atoms with Crippen LogP contribution in [0.2, 0.25) is 0 Å². The number of aliphatic carboxylic acids is 1. The van der Waals surface area contributed by atoms with Crippen LogP contribution in [-0.4, -0.2) is 22.3 Å². The number of hydrogen-bond donors (Lipinski definition) is 2. The highest BCUT2D eigenvalue weighted by Crippen LogP contribution is 2.30. The van der Waals surface area contributed by atoms with Gasteiger partial charge in [0, 0.05) is 0 Å². The number of unbranched alkanes of at least 4 members (excludes halogenated alkanes) is 1. The fourth-order valence-electron chi connectivity index (χ4n) is 2.85. The summed E-state index contributed by atoms with van der Waals surface area (Å²) in [6.07, 6.45) is 8.59. The largest absolute Gasteiger partial charge is 0.481 e. The summed E-state index contributed by atoms with van der Waals surface area (Å²) in [7, 11) is 0. The highest BCUT2D eigenvalue weighted by Gasteiger charge is 2.32. The topological polar surface area (TPSA) is 57.5 Å². The first kappa shape index (κ1) is 14.5. The average molecular weight is 242 g/mol. The normalized spacial score (nSPS) is 21.8. The summed E-state index contributed by atoms with van der Waals surface area (Å²) in [6.45, 7) is 2.05. The van der Waals surface area contributed by atoms with Crippen LogP contribution in [-0.2, 0) is 4.79 Å². The minimum absolute atomic E-state index is 0.204. The lowest BCUT2D eigenvalue weighted by atomic mass is 9.83. The van der Waals surface area contributed by atoms with Crippen LogP contribution in [0.25, 0.3) is 0 Å². The van der Waals surface area contributed by atoms with Crippen molar-refractivity contribution >= 4 is 5.97 Å². The molecule has 0 saturated heterocycles. The van der Waals surface area contributed by atoms with E-state index < -0.39 is 18.0 Å². The van der Waals surface area contributed by atoms with Crippen molar-refractivity contribution in [3.05, 3.63) is 0 Å². The molecule has 0 radical (unpaired) electrons. The Morgan fingerprint density at radius 2 is 1.82 bits per heavy atom. The van der Waals surface area contributed by atoms with E-state index in [4.69, 9.17) is 0 Å². The van der Waals surface area contributed by atoms with Gasteiger partial charge in [-0.15, -0.1) is 0 Å². The molecule has 2 N–H and O–H groups in total. The van der Waals surface area contributed by atoms with Crippen molar-refractivity contribution in [1.29, 1.82) is 0 Å². The summed E-state index contributed by atoms with van der Waals surface area (Å²) < 4.78 is 0. The molecule has 1 fully saturated rings. The Hall–Kier alpha value is -0.570. The zero-order valence-corrected chi connectivity index (χ0v) is 10.9. The van der Waals surface area contributed by atoms with Gasteiger partial charge in [0.25, 0.3) is 0 Å². The van der Waals surface area contributed by atoms with Crippen LogP contribution in [0.15, 0.2) is 0 Å². The second-order valence-corrected chi connectivity index (χ2v) is 5.33. The number of carbonyl (C=O) groups is 1. The lowest BCUT2D eigenvalue weighted by Crippen LogP contribution is -2.34. The van der Waals surface area contributed by atoms with Gasteiger partial charge in [0.15, 0.2) is 0 Å². The molecule has 3 heteroatoms. The molecule has 3 nitrogen and oxygen atoms in total. The molecule has 0 aromatic carbocycles. The summed E-state index contributed by atoms with van der Waals surface area (Å²) in [4.78, 5) is 11.2. The lowest BCUT2D eigenvalue weighted by Gasteiger charge is -2.26. The van der Waals surface area contributed by atoms with Gasteiger partial charge in [0.05, 0.1) is 12.0 Å². The van der Waals surface area contributed by atoms with Crippen molar-refractivity contribution in [3.8, 4) is 0 Å². The summed E-state index contributed by atoms with van der Waals surface area (Å²) in [5.41, 5.74) is 0. The van der Waals surface area contributed by atoms with Crippen molar-refractivity contribution in [3.63, 3.8) is 0 Å². The van der Waals surface area contributed by atoms with Crippen molar-refractivity contribution < 1.29 is 15.0 Å². The van der Waals surface area contributed by atoms with E-state index in [1.54, 1.807) is 0 Å². The third-order valence-corrected chi connectivity index (χ3v) is 3.98. The maximum Gasteiger partial charge on any atom is 0.309 e. The number of hydrogen-bond acceptors (Lipinski definition) is 2. The molecule has 0 bridgehead atoms. The van der Waals surface area contributed by atoms with Crippen LogP contribution in [0.3, 0.4) is 0 Å². The van der Waals surface area contributed by atoms with E-state index in [1.807, 2.05) is 0 Å². The maximum atomic E-state index is 11.2. The average Bonchev–Trinajstić information content (AvgIpc) is 2.57. The van der Waals surface area contributed by atoms with Crippen LogP contribution in [0.5, 0.6) is 0 Å². The number of carboxylic acids is 1. The minimum Gasteiger partial charge on any atom is -0.481 e. The SMILES string of the molecule is CCCCC(C(=O)O)C(O)C1CCCCCC1. The smallest absolute Gasteiger partial charge is 0.309 e. The van der Waals surface area contributed by atoms with Crippen LogP contribution in [0, 0.1) is 11.8 Å². The monoisotopic (exact) mass is 242 g/mol. The fourth-order valence-corrected chi connectivity index (χ4v) is 2.85. The molecule has 1 aliphatic carbocycles. The first-order chi connectivity index (χ1) is 8.16. The number of aliphatic hydroxyl groups excluding tert-OH is 1. The van der Waals surface area contributed by atoms with Gasteiger partial charge in [0.1, 0.15) is 0 Å². The van der Waals surface area contributed by atoms with Crippen LogP contribution in [0.4, 0.5) is 0 Å². The van der Waals surface area contributed by atoms with E-state index in [0.29, 0.717) is 6.42 Å². The Kier molecular flexibility index (Phi) is 6.56. The van der Waals surface area contributed by atoms with Gasteiger partial charge in [-0.2, -0.15) is 0 Å². The highest BCUT2D eigenvalue weighted by molar-refractivity contribution is 5.70. The molecule has 0 aromatic rings. The van der Waals surface area contributed by atoms with E-state index in [2.05, 4.69) is 6.92 Å². The van der Waals surface area contributed by atoms with Gasteiger partial charge in [-0.25, -0.2) is 0 Å². The second-order valence-electron chi connectivity index (χ2n) is 5.33. The summed E-state index contributed by atoms with van der Waals surface area (Å²) in [5, 5.41) is 19.5. The predicted octanol–water partition coefficient (Wildman–Crippen LogP) is 3.21. The molecule has 0 spiro atoms. The Labute approximate surface area is 104 Å². The van der Waals surface area contributed by atoms with E-state index in [0.717, 1.165) is 38.5 Å². The van der Waals surface area contributed by atoms with Crippen molar-refractivity contribution in [2.24, 2.45) is 11.8 Å². The number of rotatable bonds is 6. The lowest BCUT2D eigenvalue weighted by molar-refractivity contribution is -0.147. The minimum atomic E-state index is -0.824. The first-order valence-corrected chi connectivity index (χ1v) is 7.07. The zero-order valence-electron chi connectivity index (χ0n) is 10.9. The van der Waals surface area contributed by atoms with E-state index in [9.17, 15) is 15.0 Å². The van der Waals surface area contributed by atoms with Gasteiger partial charge in [-0.3, -0.25) is 4.79 Å². The molecule has 0 aromatic heterocycles. The van der Waals surface area contributed by atoms with Crippen molar-refractivity contribution in [2.45, 2.75) is 70.8 Å². The molecule has 1 rings (SSSR count). The Morgan fingerprint density at radius 3 is 2.29 bits per heavy atom. The molecular formula is C14H26O3. The van der Waals surface area contributed by atoms with Crippen LogP contribution in [0.1, 0.15) is 64.7 Å². The van der Waals surface area contributed by atoms with E-state index in [-0.39, 0.29) is 5.92 Å². The molecule has 2 unspecified atom stereocenters. The third-order valence-electron chi connectivity index (χ3n) is 3.98. The Bertz CT molecular complexity index is 220.